The van der Waals surface area contributed by atoms with E-state index in [0.29, 0.717) is 5.54 Å². The van der Waals surface area contributed by atoms with Crippen molar-refractivity contribution in [3.8, 4) is 0 Å². The molecule has 1 rings (SSSR count). The van der Waals surface area contributed by atoms with Crippen LogP contribution in [0.25, 0.3) is 0 Å². The van der Waals surface area contributed by atoms with Crippen LogP contribution in [-0.4, -0.2) is 5.54 Å². The molecule has 0 amide bonds. The van der Waals surface area contributed by atoms with E-state index in [1.54, 1.807) is 0 Å². The normalized spacial score (nSPS) is 12.0. The quantitative estimate of drug-likeness (QED) is 0.809. The van der Waals surface area contributed by atoms with Crippen LogP contribution in [0, 0.1) is 0 Å². The third kappa shape index (κ3) is 3.30. The van der Waals surface area contributed by atoms with Gasteiger partial charge < -0.3 is 5.32 Å². The molecule has 1 aromatic rings. The second-order valence-corrected chi connectivity index (χ2v) is 5.74. The topological polar surface area (TPSA) is 12.0 Å². The molecule has 1 heterocycles. The van der Waals surface area contributed by atoms with Crippen molar-refractivity contribution >= 4 is 27.3 Å². The summed E-state index contributed by atoms with van der Waals surface area (Å²) in [6.07, 6.45) is 3.59. The molecule has 1 aromatic heterocycles. The highest BCUT2D eigenvalue weighted by Gasteiger charge is 2.22. The predicted molar refractivity (Wildman–Crippen MR) is 72.5 cm³/mol. The summed E-state index contributed by atoms with van der Waals surface area (Å²) in [5, 5.41) is 5.84. The van der Waals surface area contributed by atoms with E-state index in [2.05, 4.69) is 53.5 Å². The maximum Gasteiger partial charge on any atom is 0.0327 e. The molecule has 0 bridgehead atoms. The van der Waals surface area contributed by atoms with Gasteiger partial charge in [0, 0.05) is 21.4 Å². The van der Waals surface area contributed by atoms with Crippen LogP contribution in [0.3, 0.4) is 0 Å². The first kappa shape index (κ1) is 13.2. The zero-order valence-electron chi connectivity index (χ0n) is 9.77. The first-order valence-electron chi connectivity index (χ1n) is 5.64. The number of hydrogen-bond donors (Lipinski definition) is 1. The van der Waals surface area contributed by atoms with Crippen LogP contribution < -0.4 is 5.32 Å². The zero-order valence-corrected chi connectivity index (χ0v) is 12.2. The number of rotatable bonds is 6. The fourth-order valence-corrected chi connectivity index (χ4v) is 3.28. The van der Waals surface area contributed by atoms with Crippen molar-refractivity contribution in [1.29, 1.82) is 0 Å². The van der Waals surface area contributed by atoms with E-state index in [9.17, 15) is 0 Å². The van der Waals surface area contributed by atoms with Crippen LogP contribution in [-0.2, 0) is 6.54 Å². The van der Waals surface area contributed by atoms with Gasteiger partial charge in [-0.1, -0.05) is 20.8 Å². The molecular formula is C12H20BrNS. The molecular weight excluding hydrogens is 270 g/mol. The summed E-state index contributed by atoms with van der Waals surface area (Å²) in [5.41, 5.74) is 0.323. The Bertz CT molecular complexity index is 283. The fraction of sp³-hybridized carbons (Fsp3) is 0.667. The van der Waals surface area contributed by atoms with E-state index in [-0.39, 0.29) is 0 Å². The highest BCUT2D eigenvalue weighted by Crippen LogP contribution is 2.25. The van der Waals surface area contributed by atoms with Crippen molar-refractivity contribution in [1.82, 2.24) is 5.32 Å². The van der Waals surface area contributed by atoms with Crippen molar-refractivity contribution in [3.63, 3.8) is 0 Å². The minimum Gasteiger partial charge on any atom is -0.306 e. The van der Waals surface area contributed by atoms with Crippen molar-refractivity contribution in [2.45, 2.75) is 52.1 Å². The van der Waals surface area contributed by atoms with Gasteiger partial charge in [0.15, 0.2) is 0 Å². The zero-order chi connectivity index (χ0) is 11.3. The Balaban J connectivity index is 2.58. The lowest BCUT2D eigenvalue weighted by atomic mass is 9.90. The third-order valence-corrected chi connectivity index (χ3v) is 5.27. The van der Waals surface area contributed by atoms with Gasteiger partial charge in [0.05, 0.1) is 0 Å². The summed E-state index contributed by atoms with van der Waals surface area (Å²) in [4.78, 5) is 1.40. The molecule has 1 nitrogen and oxygen atoms in total. The Hall–Kier alpha value is 0.140. The van der Waals surface area contributed by atoms with Gasteiger partial charge in [-0.3, -0.25) is 0 Å². The largest absolute Gasteiger partial charge is 0.306 e. The predicted octanol–water partition coefficient (Wildman–Crippen LogP) is 4.57. The number of thiophene rings is 1. The summed E-state index contributed by atoms with van der Waals surface area (Å²) in [6, 6.07) is 2.12. The van der Waals surface area contributed by atoms with Gasteiger partial charge in [0.2, 0.25) is 0 Å². The van der Waals surface area contributed by atoms with Crippen LogP contribution in [0.5, 0.6) is 0 Å². The Morgan fingerprint density at radius 3 is 2.27 bits per heavy atom. The van der Waals surface area contributed by atoms with Crippen molar-refractivity contribution in [2.24, 2.45) is 0 Å². The minimum absolute atomic E-state index is 0.323. The van der Waals surface area contributed by atoms with Crippen LogP contribution in [0.15, 0.2) is 15.9 Å². The molecule has 86 valence electrons. The Morgan fingerprint density at radius 1 is 1.27 bits per heavy atom. The molecule has 0 spiro atoms. The van der Waals surface area contributed by atoms with Gasteiger partial charge in [-0.25, -0.2) is 0 Å². The molecule has 1 N–H and O–H groups in total. The molecule has 0 radical (unpaired) electrons. The van der Waals surface area contributed by atoms with E-state index >= 15 is 0 Å². The summed E-state index contributed by atoms with van der Waals surface area (Å²) in [5.74, 6) is 0. The monoisotopic (exact) mass is 289 g/mol. The average molecular weight is 290 g/mol. The maximum atomic E-state index is 3.71. The van der Waals surface area contributed by atoms with E-state index in [1.807, 2.05) is 11.3 Å². The molecule has 0 saturated heterocycles. The molecule has 0 aliphatic carbocycles. The molecule has 3 heteroatoms. The van der Waals surface area contributed by atoms with Gasteiger partial charge in [-0.05, 0) is 46.6 Å². The van der Waals surface area contributed by atoms with E-state index in [1.165, 1.54) is 28.6 Å². The standard InChI is InChI=1S/C12H20BrNS/c1-4-12(5-2,6-3)14-9-11-10(13)7-8-15-11/h7-8,14H,4-6,9H2,1-3H3. The summed E-state index contributed by atoms with van der Waals surface area (Å²) < 4.78 is 1.23. The molecule has 0 atom stereocenters. The molecule has 0 aliphatic rings. The number of halogens is 1. The summed E-state index contributed by atoms with van der Waals surface area (Å²) >= 11 is 5.38. The van der Waals surface area contributed by atoms with Crippen LogP contribution in [0.1, 0.15) is 44.9 Å². The van der Waals surface area contributed by atoms with Gasteiger partial charge >= 0.3 is 0 Å². The van der Waals surface area contributed by atoms with Crippen LogP contribution in [0.4, 0.5) is 0 Å². The molecule has 0 saturated carbocycles. The van der Waals surface area contributed by atoms with Gasteiger partial charge in [0.25, 0.3) is 0 Å². The van der Waals surface area contributed by atoms with Crippen molar-refractivity contribution in [2.75, 3.05) is 0 Å². The fourth-order valence-electron chi connectivity index (χ4n) is 1.84. The van der Waals surface area contributed by atoms with Crippen LogP contribution >= 0.6 is 27.3 Å². The SMILES string of the molecule is CCC(CC)(CC)NCc1sccc1Br. The number of nitrogens with one attached hydrogen (secondary N) is 1. The maximum absolute atomic E-state index is 3.71. The third-order valence-electron chi connectivity index (χ3n) is 3.35. The first-order chi connectivity index (χ1) is 7.17. The van der Waals surface area contributed by atoms with E-state index in [4.69, 9.17) is 0 Å². The highest BCUT2D eigenvalue weighted by atomic mass is 79.9. The van der Waals surface area contributed by atoms with Crippen LogP contribution in [0.2, 0.25) is 0 Å². The second-order valence-electron chi connectivity index (χ2n) is 3.89. The highest BCUT2D eigenvalue weighted by molar-refractivity contribution is 9.10. The Kier molecular flexibility index (Phi) is 5.30. The van der Waals surface area contributed by atoms with E-state index < -0.39 is 0 Å². The molecule has 0 fully saturated rings. The smallest absolute Gasteiger partial charge is 0.0327 e. The Labute approximate surface area is 105 Å². The molecule has 15 heavy (non-hydrogen) atoms. The Morgan fingerprint density at radius 2 is 1.87 bits per heavy atom. The van der Waals surface area contributed by atoms with Gasteiger partial charge in [-0.2, -0.15) is 0 Å². The molecule has 0 unspecified atom stereocenters. The lowest BCUT2D eigenvalue weighted by Crippen LogP contribution is -2.42. The van der Waals surface area contributed by atoms with Gasteiger partial charge in [0.1, 0.15) is 0 Å². The number of hydrogen-bond acceptors (Lipinski definition) is 2. The molecule has 0 aromatic carbocycles. The van der Waals surface area contributed by atoms with Crippen molar-refractivity contribution < 1.29 is 0 Å². The minimum atomic E-state index is 0.323. The van der Waals surface area contributed by atoms with Gasteiger partial charge in [-0.15, -0.1) is 11.3 Å². The van der Waals surface area contributed by atoms with Crippen molar-refractivity contribution in [3.05, 3.63) is 20.8 Å². The van der Waals surface area contributed by atoms with E-state index in [0.717, 1.165) is 6.54 Å². The second kappa shape index (κ2) is 6.02. The molecule has 0 aliphatic heterocycles. The summed E-state index contributed by atoms with van der Waals surface area (Å²) in [7, 11) is 0. The average Bonchev–Trinajstić information content (AvgIpc) is 2.67. The lowest BCUT2D eigenvalue weighted by molar-refractivity contribution is 0.289. The lowest BCUT2D eigenvalue weighted by Gasteiger charge is -2.31. The first-order valence-corrected chi connectivity index (χ1v) is 7.31. The summed E-state index contributed by atoms with van der Waals surface area (Å²) in [6.45, 7) is 7.78.